The number of hydrogen-bond donors (Lipinski definition) is 1. The van der Waals surface area contributed by atoms with Crippen LogP contribution in [0.1, 0.15) is 10.4 Å². The van der Waals surface area contributed by atoms with Crippen molar-refractivity contribution < 1.29 is 28.2 Å². The van der Waals surface area contributed by atoms with E-state index in [9.17, 15) is 14.0 Å². The molecule has 0 spiro atoms. The number of esters is 1. The topological polar surface area (TPSA) is 73.9 Å². The highest BCUT2D eigenvalue weighted by Gasteiger charge is 2.18. The zero-order valence-electron chi connectivity index (χ0n) is 12.2. The summed E-state index contributed by atoms with van der Waals surface area (Å²) in [6, 6.07) is 8.33. The SMILES string of the molecule is O=C(COC(=O)c1ccc2c(c1)OCO2)Nc1ccc(Cl)cc1F. The molecule has 3 rings (SSSR count). The van der Waals surface area contributed by atoms with Crippen molar-refractivity contribution in [2.75, 3.05) is 18.7 Å². The van der Waals surface area contributed by atoms with Crippen molar-refractivity contribution >= 4 is 29.2 Å². The Morgan fingerprint density at radius 2 is 1.96 bits per heavy atom. The third-order valence-corrected chi connectivity index (χ3v) is 3.38. The summed E-state index contributed by atoms with van der Waals surface area (Å²) in [5.41, 5.74) is 0.160. The standard InChI is InChI=1S/C16H11ClFNO5/c17-10-2-3-12(11(18)6-10)19-15(20)7-22-16(21)9-1-4-13-14(5-9)24-8-23-13/h1-6H,7-8H2,(H,19,20). The van der Waals surface area contributed by atoms with E-state index in [0.717, 1.165) is 6.07 Å². The van der Waals surface area contributed by atoms with Crippen LogP contribution in [0, 0.1) is 5.82 Å². The fourth-order valence-electron chi connectivity index (χ4n) is 2.02. The van der Waals surface area contributed by atoms with Gasteiger partial charge in [-0.15, -0.1) is 0 Å². The van der Waals surface area contributed by atoms with Crippen LogP contribution in [0.2, 0.25) is 5.02 Å². The lowest BCUT2D eigenvalue weighted by molar-refractivity contribution is -0.119. The van der Waals surface area contributed by atoms with Gasteiger partial charge in [0, 0.05) is 5.02 Å². The predicted octanol–water partition coefficient (Wildman–Crippen LogP) is 3.00. The molecule has 0 aliphatic carbocycles. The zero-order valence-corrected chi connectivity index (χ0v) is 12.9. The van der Waals surface area contributed by atoms with Crippen molar-refractivity contribution in [3.8, 4) is 11.5 Å². The second-order valence-electron chi connectivity index (χ2n) is 4.82. The maximum Gasteiger partial charge on any atom is 0.338 e. The van der Waals surface area contributed by atoms with Crippen LogP contribution in [0.4, 0.5) is 10.1 Å². The quantitative estimate of drug-likeness (QED) is 0.857. The van der Waals surface area contributed by atoms with Crippen molar-refractivity contribution in [1.82, 2.24) is 0 Å². The van der Waals surface area contributed by atoms with E-state index < -0.39 is 24.3 Å². The van der Waals surface area contributed by atoms with E-state index in [1.54, 1.807) is 6.07 Å². The number of benzene rings is 2. The number of hydrogen-bond acceptors (Lipinski definition) is 5. The minimum absolute atomic E-state index is 0.0523. The molecule has 1 aliphatic rings. The Morgan fingerprint density at radius 1 is 1.17 bits per heavy atom. The van der Waals surface area contributed by atoms with Crippen molar-refractivity contribution in [1.29, 1.82) is 0 Å². The van der Waals surface area contributed by atoms with E-state index in [4.69, 9.17) is 25.8 Å². The van der Waals surface area contributed by atoms with Crippen LogP contribution >= 0.6 is 11.6 Å². The molecule has 1 aliphatic heterocycles. The molecular weight excluding hydrogens is 341 g/mol. The number of amides is 1. The molecule has 0 atom stereocenters. The van der Waals surface area contributed by atoms with E-state index in [-0.39, 0.29) is 23.1 Å². The van der Waals surface area contributed by atoms with Gasteiger partial charge in [-0.2, -0.15) is 0 Å². The normalized spacial score (nSPS) is 11.9. The lowest BCUT2D eigenvalue weighted by Crippen LogP contribution is -2.21. The van der Waals surface area contributed by atoms with Gasteiger partial charge in [-0.05, 0) is 36.4 Å². The lowest BCUT2D eigenvalue weighted by atomic mass is 10.2. The van der Waals surface area contributed by atoms with Gasteiger partial charge in [-0.1, -0.05) is 11.6 Å². The molecule has 0 saturated carbocycles. The molecule has 0 bridgehead atoms. The lowest BCUT2D eigenvalue weighted by Gasteiger charge is -2.08. The Labute approximate surface area is 141 Å². The summed E-state index contributed by atoms with van der Waals surface area (Å²) in [6.07, 6.45) is 0. The summed E-state index contributed by atoms with van der Waals surface area (Å²) < 4.78 is 28.7. The number of carbonyl (C=O) groups is 2. The molecule has 24 heavy (non-hydrogen) atoms. The zero-order chi connectivity index (χ0) is 17.1. The molecule has 1 amide bonds. The largest absolute Gasteiger partial charge is 0.454 e. The highest BCUT2D eigenvalue weighted by atomic mass is 35.5. The highest BCUT2D eigenvalue weighted by molar-refractivity contribution is 6.30. The van der Waals surface area contributed by atoms with E-state index in [1.165, 1.54) is 24.3 Å². The highest BCUT2D eigenvalue weighted by Crippen LogP contribution is 2.32. The first-order valence-electron chi connectivity index (χ1n) is 6.84. The van der Waals surface area contributed by atoms with Crippen LogP contribution in [0.5, 0.6) is 11.5 Å². The molecule has 2 aromatic carbocycles. The minimum Gasteiger partial charge on any atom is -0.454 e. The molecule has 2 aromatic rings. The monoisotopic (exact) mass is 351 g/mol. The molecule has 0 radical (unpaired) electrons. The molecule has 0 saturated heterocycles. The minimum atomic E-state index is -0.708. The predicted molar refractivity (Wildman–Crippen MR) is 82.9 cm³/mol. The maximum absolute atomic E-state index is 13.6. The number of nitrogens with one attached hydrogen (secondary N) is 1. The van der Waals surface area contributed by atoms with Gasteiger partial charge in [0.05, 0.1) is 11.3 Å². The van der Waals surface area contributed by atoms with Crippen LogP contribution < -0.4 is 14.8 Å². The fraction of sp³-hybridized carbons (Fsp3) is 0.125. The number of rotatable bonds is 4. The summed E-state index contributed by atoms with van der Waals surface area (Å²) in [5.74, 6) is -1.11. The first-order valence-corrected chi connectivity index (χ1v) is 7.22. The van der Waals surface area contributed by atoms with Gasteiger partial charge in [0.2, 0.25) is 6.79 Å². The Hall–Kier alpha value is -2.80. The number of ether oxygens (including phenoxy) is 3. The Kier molecular flexibility index (Phi) is 4.52. The molecule has 0 fully saturated rings. The van der Waals surface area contributed by atoms with Gasteiger partial charge in [0.25, 0.3) is 5.91 Å². The van der Waals surface area contributed by atoms with Gasteiger partial charge in [0.15, 0.2) is 18.1 Å². The summed E-state index contributed by atoms with van der Waals surface area (Å²) >= 11 is 5.62. The Balaban J connectivity index is 1.57. The second kappa shape index (κ2) is 6.76. The molecule has 0 aromatic heterocycles. The molecule has 1 heterocycles. The van der Waals surface area contributed by atoms with Gasteiger partial charge in [-0.25, -0.2) is 9.18 Å². The maximum atomic E-state index is 13.6. The molecule has 124 valence electrons. The first kappa shape index (κ1) is 16.1. The van der Waals surface area contributed by atoms with Crippen molar-refractivity contribution in [3.63, 3.8) is 0 Å². The number of carbonyl (C=O) groups excluding carboxylic acids is 2. The van der Waals surface area contributed by atoms with Crippen LogP contribution in [0.15, 0.2) is 36.4 Å². The average Bonchev–Trinajstić information content (AvgIpc) is 3.03. The van der Waals surface area contributed by atoms with E-state index >= 15 is 0 Å². The van der Waals surface area contributed by atoms with E-state index in [2.05, 4.69) is 5.32 Å². The third-order valence-electron chi connectivity index (χ3n) is 3.15. The third kappa shape index (κ3) is 3.57. The molecule has 6 nitrogen and oxygen atoms in total. The van der Waals surface area contributed by atoms with Crippen LogP contribution in [0.3, 0.4) is 0 Å². The Bertz CT molecular complexity index is 811. The van der Waals surface area contributed by atoms with E-state index in [0.29, 0.717) is 11.5 Å². The van der Waals surface area contributed by atoms with Gasteiger partial charge in [0.1, 0.15) is 5.82 Å². The van der Waals surface area contributed by atoms with Crippen LogP contribution in [-0.4, -0.2) is 25.3 Å². The Morgan fingerprint density at radius 3 is 2.75 bits per heavy atom. The molecule has 8 heteroatoms. The summed E-state index contributed by atoms with van der Waals surface area (Å²) in [7, 11) is 0. The van der Waals surface area contributed by atoms with Crippen molar-refractivity contribution in [2.24, 2.45) is 0 Å². The van der Waals surface area contributed by atoms with Gasteiger partial charge >= 0.3 is 5.97 Å². The number of fused-ring (bicyclic) bond motifs is 1. The fourth-order valence-corrected chi connectivity index (χ4v) is 2.17. The average molecular weight is 352 g/mol. The summed E-state index contributed by atoms with van der Waals surface area (Å²) in [4.78, 5) is 23.7. The van der Waals surface area contributed by atoms with E-state index in [1.807, 2.05) is 0 Å². The molecule has 0 unspecified atom stereocenters. The van der Waals surface area contributed by atoms with Gasteiger partial charge in [-0.3, -0.25) is 4.79 Å². The number of halogens is 2. The molecular formula is C16H11ClFNO5. The number of anilines is 1. The van der Waals surface area contributed by atoms with Crippen molar-refractivity contribution in [2.45, 2.75) is 0 Å². The first-order chi connectivity index (χ1) is 11.5. The molecule has 1 N–H and O–H groups in total. The van der Waals surface area contributed by atoms with Crippen LogP contribution in [-0.2, 0) is 9.53 Å². The van der Waals surface area contributed by atoms with Crippen molar-refractivity contribution in [3.05, 3.63) is 52.8 Å². The smallest absolute Gasteiger partial charge is 0.338 e. The summed E-state index contributed by atoms with van der Waals surface area (Å²) in [6.45, 7) is -0.474. The van der Waals surface area contributed by atoms with Crippen LogP contribution in [0.25, 0.3) is 0 Å². The summed E-state index contributed by atoms with van der Waals surface area (Å²) in [5, 5.41) is 2.50. The second-order valence-corrected chi connectivity index (χ2v) is 5.25. The van der Waals surface area contributed by atoms with Gasteiger partial charge < -0.3 is 19.5 Å².